The summed E-state index contributed by atoms with van der Waals surface area (Å²) >= 11 is 0. The molecule has 4 rings (SSSR count). The highest BCUT2D eigenvalue weighted by Gasteiger charge is 2.38. The number of pyridine rings is 1. The molecule has 2 aliphatic rings. The van der Waals surface area contributed by atoms with Crippen LogP contribution in [0, 0.1) is 0 Å². The zero-order chi connectivity index (χ0) is 21.6. The van der Waals surface area contributed by atoms with Crippen molar-refractivity contribution in [1.82, 2.24) is 20.1 Å². The Morgan fingerprint density at radius 1 is 1.10 bits per heavy atom. The Morgan fingerprint density at radius 2 is 1.94 bits per heavy atom. The first-order valence-corrected chi connectivity index (χ1v) is 11.0. The zero-order valence-electron chi connectivity index (χ0n) is 17.6. The van der Waals surface area contributed by atoms with Gasteiger partial charge in [-0.15, -0.1) is 0 Å². The number of nitrogens with zero attached hydrogens (tertiary/aromatic N) is 3. The number of hydrogen-bond donors (Lipinski definition) is 1. The van der Waals surface area contributed by atoms with E-state index in [0.717, 1.165) is 30.4 Å². The van der Waals surface area contributed by atoms with Crippen LogP contribution in [0.4, 0.5) is 4.79 Å². The summed E-state index contributed by atoms with van der Waals surface area (Å²) < 4.78 is 0. The molecule has 7 heteroatoms. The molecule has 2 aliphatic heterocycles. The van der Waals surface area contributed by atoms with Crippen molar-refractivity contribution >= 4 is 17.8 Å². The highest BCUT2D eigenvalue weighted by molar-refractivity contribution is 6.04. The van der Waals surface area contributed by atoms with Crippen molar-refractivity contribution in [3.8, 4) is 0 Å². The van der Waals surface area contributed by atoms with Gasteiger partial charge in [0.15, 0.2) is 0 Å². The topological polar surface area (TPSA) is 82.6 Å². The van der Waals surface area contributed by atoms with Crippen LogP contribution in [0.15, 0.2) is 54.9 Å². The van der Waals surface area contributed by atoms with Gasteiger partial charge in [0.1, 0.15) is 6.04 Å². The second-order valence-corrected chi connectivity index (χ2v) is 8.15. The smallest absolute Gasteiger partial charge is 0.324 e. The van der Waals surface area contributed by atoms with E-state index in [1.54, 1.807) is 6.20 Å². The van der Waals surface area contributed by atoms with E-state index in [1.807, 2.05) is 53.6 Å². The average Bonchev–Trinajstić information content (AvgIpc) is 3.09. The van der Waals surface area contributed by atoms with Gasteiger partial charge in [-0.05, 0) is 49.3 Å². The molecular formula is C24H28N4O3. The summed E-state index contributed by atoms with van der Waals surface area (Å²) in [4.78, 5) is 45.4. The fourth-order valence-electron chi connectivity index (χ4n) is 4.43. The molecule has 4 amide bonds. The number of carbonyl (C=O) groups excluding carboxylic acids is 3. The predicted octanol–water partition coefficient (Wildman–Crippen LogP) is 3.08. The largest absolute Gasteiger partial charge is 0.336 e. The van der Waals surface area contributed by atoms with E-state index < -0.39 is 6.04 Å². The van der Waals surface area contributed by atoms with Crippen LogP contribution in [0.5, 0.6) is 0 Å². The zero-order valence-corrected chi connectivity index (χ0v) is 17.6. The van der Waals surface area contributed by atoms with Crippen molar-refractivity contribution in [3.63, 3.8) is 0 Å². The molecule has 0 saturated carbocycles. The highest BCUT2D eigenvalue weighted by atomic mass is 16.2. The molecule has 2 fully saturated rings. The molecule has 2 saturated heterocycles. The third-order valence-electron chi connectivity index (χ3n) is 6.11. The standard InChI is InChI=1S/C24H28N4O3/c29-22(27-15-5-4-10-21(27)19-9-6-14-25-17-19)12-11-20-23(30)28(24(31)26-20)16-13-18-7-2-1-3-8-18/h1-3,6-9,14,17,20-21H,4-5,10-13,15-16H2,(H,26,31)/t20-,21+/m1/s1. The van der Waals surface area contributed by atoms with Crippen molar-refractivity contribution in [2.75, 3.05) is 13.1 Å². The molecule has 0 unspecified atom stereocenters. The fraction of sp³-hybridized carbons (Fsp3) is 0.417. The van der Waals surface area contributed by atoms with Gasteiger partial charge in [-0.1, -0.05) is 36.4 Å². The van der Waals surface area contributed by atoms with Crippen LogP contribution in [0.3, 0.4) is 0 Å². The van der Waals surface area contributed by atoms with Gasteiger partial charge in [0, 0.05) is 31.9 Å². The SMILES string of the molecule is O=C1N[C@H](CCC(=O)N2CCCC[C@H]2c2cccnc2)C(=O)N1CCc1ccccc1. The van der Waals surface area contributed by atoms with E-state index in [0.29, 0.717) is 25.9 Å². The predicted molar refractivity (Wildman–Crippen MR) is 116 cm³/mol. The minimum atomic E-state index is -0.631. The third-order valence-corrected chi connectivity index (χ3v) is 6.11. The quantitative estimate of drug-likeness (QED) is 0.698. The number of aromatic nitrogens is 1. The maximum Gasteiger partial charge on any atom is 0.324 e. The molecule has 31 heavy (non-hydrogen) atoms. The minimum Gasteiger partial charge on any atom is -0.336 e. The Bertz CT molecular complexity index is 919. The van der Waals surface area contributed by atoms with Gasteiger partial charge in [-0.2, -0.15) is 0 Å². The van der Waals surface area contributed by atoms with Gasteiger partial charge >= 0.3 is 6.03 Å². The number of benzene rings is 1. The highest BCUT2D eigenvalue weighted by Crippen LogP contribution is 2.31. The van der Waals surface area contributed by atoms with Crippen molar-refractivity contribution < 1.29 is 14.4 Å². The van der Waals surface area contributed by atoms with Crippen LogP contribution in [-0.2, 0) is 16.0 Å². The summed E-state index contributed by atoms with van der Waals surface area (Å²) in [7, 11) is 0. The van der Waals surface area contributed by atoms with E-state index in [4.69, 9.17) is 0 Å². The van der Waals surface area contributed by atoms with Crippen LogP contribution in [-0.4, -0.2) is 51.8 Å². The van der Waals surface area contributed by atoms with Gasteiger partial charge in [0.25, 0.3) is 5.91 Å². The molecule has 0 spiro atoms. The lowest BCUT2D eigenvalue weighted by Gasteiger charge is -2.36. The Hall–Kier alpha value is -3.22. The van der Waals surface area contributed by atoms with E-state index in [2.05, 4.69) is 10.3 Å². The number of likely N-dealkylation sites (tertiary alicyclic amines) is 1. The second kappa shape index (κ2) is 9.73. The molecule has 3 heterocycles. The Labute approximate surface area is 182 Å². The van der Waals surface area contributed by atoms with Crippen LogP contribution in [0.1, 0.15) is 49.3 Å². The molecule has 2 aromatic rings. The molecule has 162 valence electrons. The van der Waals surface area contributed by atoms with Crippen molar-refractivity contribution in [1.29, 1.82) is 0 Å². The molecule has 0 radical (unpaired) electrons. The second-order valence-electron chi connectivity index (χ2n) is 8.15. The lowest BCUT2D eigenvalue weighted by atomic mass is 9.95. The van der Waals surface area contributed by atoms with Crippen LogP contribution in [0.2, 0.25) is 0 Å². The number of carbonyl (C=O) groups is 3. The number of nitrogens with one attached hydrogen (secondary N) is 1. The maximum absolute atomic E-state index is 13.0. The molecular weight excluding hydrogens is 392 g/mol. The average molecular weight is 421 g/mol. The van der Waals surface area contributed by atoms with Crippen molar-refractivity contribution in [2.24, 2.45) is 0 Å². The Kier molecular flexibility index (Phi) is 6.60. The molecule has 1 aromatic heterocycles. The number of piperidine rings is 1. The fourth-order valence-corrected chi connectivity index (χ4v) is 4.43. The van der Waals surface area contributed by atoms with Crippen LogP contribution < -0.4 is 5.32 Å². The summed E-state index contributed by atoms with van der Waals surface area (Å²) in [6.07, 6.45) is 7.71. The lowest BCUT2D eigenvalue weighted by molar-refractivity contribution is -0.135. The summed E-state index contributed by atoms with van der Waals surface area (Å²) in [6.45, 7) is 1.06. The molecule has 1 aromatic carbocycles. The monoisotopic (exact) mass is 420 g/mol. The van der Waals surface area contributed by atoms with E-state index >= 15 is 0 Å². The van der Waals surface area contributed by atoms with Crippen molar-refractivity contribution in [3.05, 3.63) is 66.0 Å². The molecule has 2 atom stereocenters. The molecule has 0 bridgehead atoms. The van der Waals surface area contributed by atoms with E-state index in [-0.39, 0.29) is 30.3 Å². The number of amides is 4. The number of urea groups is 1. The van der Waals surface area contributed by atoms with Gasteiger partial charge in [-0.3, -0.25) is 19.5 Å². The third kappa shape index (κ3) is 4.93. The Balaban J connectivity index is 1.32. The van der Waals surface area contributed by atoms with Gasteiger partial charge in [0.2, 0.25) is 5.91 Å². The molecule has 1 N–H and O–H groups in total. The number of hydrogen-bond acceptors (Lipinski definition) is 4. The summed E-state index contributed by atoms with van der Waals surface area (Å²) in [5.74, 6) is -0.213. The van der Waals surface area contributed by atoms with Gasteiger partial charge in [0.05, 0.1) is 6.04 Å². The Morgan fingerprint density at radius 3 is 2.71 bits per heavy atom. The first kappa shape index (κ1) is 21.0. The van der Waals surface area contributed by atoms with E-state index in [9.17, 15) is 14.4 Å². The number of imide groups is 1. The molecule has 7 nitrogen and oxygen atoms in total. The first-order chi connectivity index (χ1) is 15.1. The summed E-state index contributed by atoms with van der Waals surface area (Å²) in [5.41, 5.74) is 2.13. The van der Waals surface area contributed by atoms with E-state index in [1.165, 1.54) is 4.90 Å². The normalized spacial score (nSPS) is 21.3. The van der Waals surface area contributed by atoms with Crippen molar-refractivity contribution in [2.45, 2.75) is 50.6 Å². The minimum absolute atomic E-state index is 0.0262. The van der Waals surface area contributed by atoms with Gasteiger partial charge < -0.3 is 10.2 Å². The van der Waals surface area contributed by atoms with Gasteiger partial charge in [-0.25, -0.2) is 4.79 Å². The first-order valence-electron chi connectivity index (χ1n) is 11.0. The van der Waals surface area contributed by atoms with Crippen LogP contribution in [0.25, 0.3) is 0 Å². The number of rotatable bonds is 7. The summed E-state index contributed by atoms with van der Waals surface area (Å²) in [6, 6.07) is 12.7. The molecule has 0 aliphatic carbocycles. The maximum atomic E-state index is 13.0. The lowest BCUT2D eigenvalue weighted by Crippen LogP contribution is -2.39. The van der Waals surface area contributed by atoms with Crippen LogP contribution >= 0.6 is 0 Å². The summed E-state index contributed by atoms with van der Waals surface area (Å²) in [5, 5.41) is 2.75.